The van der Waals surface area contributed by atoms with Gasteiger partial charge in [-0.15, -0.1) is 24.0 Å². The number of halogens is 1. The second kappa shape index (κ2) is 10.8. The monoisotopic (exact) mass is 446 g/mol. The number of para-hydroxylation sites is 1. The lowest BCUT2D eigenvalue weighted by Gasteiger charge is -2.25. The van der Waals surface area contributed by atoms with Crippen LogP contribution in [0.15, 0.2) is 29.3 Å². The topological polar surface area (TPSA) is 48.9 Å². The van der Waals surface area contributed by atoms with E-state index in [1.807, 2.05) is 32.2 Å². The molecule has 0 bridgehead atoms. The van der Waals surface area contributed by atoms with Crippen molar-refractivity contribution in [1.82, 2.24) is 15.5 Å². The first-order chi connectivity index (χ1) is 11.2. The highest BCUT2D eigenvalue weighted by molar-refractivity contribution is 14.0. The summed E-state index contributed by atoms with van der Waals surface area (Å²) in [6.07, 6.45) is 2.69. The zero-order valence-corrected chi connectivity index (χ0v) is 17.5. The van der Waals surface area contributed by atoms with Crippen LogP contribution < -0.4 is 15.4 Å². The minimum atomic E-state index is 0. The summed E-state index contributed by atoms with van der Waals surface area (Å²) in [6.45, 7) is 4.30. The normalized spacial score (nSPS) is 15.6. The van der Waals surface area contributed by atoms with Crippen molar-refractivity contribution in [2.75, 3.05) is 34.3 Å². The van der Waals surface area contributed by atoms with Gasteiger partial charge in [-0.1, -0.05) is 18.2 Å². The van der Waals surface area contributed by atoms with Crippen LogP contribution in [-0.2, 0) is 6.54 Å². The van der Waals surface area contributed by atoms with Crippen LogP contribution in [0.4, 0.5) is 0 Å². The third-order valence-electron chi connectivity index (χ3n) is 4.25. The minimum Gasteiger partial charge on any atom is -0.494 e. The molecule has 1 aliphatic rings. The number of rotatable bonds is 8. The molecule has 0 radical (unpaired) electrons. The Kier molecular flexibility index (Phi) is 9.43. The Bertz CT molecular complexity index is 515. The van der Waals surface area contributed by atoms with Crippen LogP contribution in [-0.4, -0.2) is 51.2 Å². The molecule has 1 fully saturated rings. The van der Waals surface area contributed by atoms with Gasteiger partial charge in [0.1, 0.15) is 5.75 Å². The van der Waals surface area contributed by atoms with Crippen LogP contribution in [0.2, 0.25) is 0 Å². The second-order valence-corrected chi connectivity index (χ2v) is 6.22. The average molecular weight is 446 g/mol. The Labute approximate surface area is 163 Å². The highest BCUT2D eigenvalue weighted by atomic mass is 127. The van der Waals surface area contributed by atoms with Gasteiger partial charge in [-0.3, -0.25) is 4.99 Å². The quantitative estimate of drug-likeness (QED) is 0.366. The number of ether oxygens (including phenoxy) is 1. The summed E-state index contributed by atoms with van der Waals surface area (Å²) < 4.78 is 5.67. The average Bonchev–Trinajstić information content (AvgIpc) is 3.36. The smallest absolute Gasteiger partial charge is 0.191 e. The summed E-state index contributed by atoms with van der Waals surface area (Å²) >= 11 is 0. The third kappa shape index (κ3) is 6.47. The fraction of sp³-hybridized carbons (Fsp3) is 0.611. The van der Waals surface area contributed by atoms with Gasteiger partial charge in [0, 0.05) is 31.7 Å². The van der Waals surface area contributed by atoms with Gasteiger partial charge >= 0.3 is 0 Å². The number of likely N-dealkylation sites (N-methyl/N-ethyl adjacent to an activating group) is 1. The maximum absolute atomic E-state index is 5.67. The van der Waals surface area contributed by atoms with Crippen LogP contribution in [0.5, 0.6) is 5.75 Å². The zero-order chi connectivity index (χ0) is 16.7. The van der Waals surface area contributed by atoms with Crippen molar-refractivity contribution in [3.05, 3.63) is 29.8 Å². The molecule has 1 aromatic carbocycles. The summed E-state index contributed by atoms with van der Waals surface area (Å²) in [4.78, 5) is 6.63. The second-order valence-electron chi connectivity index (χ2n) is 6.22. The number of hydrogen-bond donors (Lipinski definition) is 2. The molecule has 1 aromatic rings. The summed E-state index contributed by atoms with van der Waals surface area (Å²) in [7, 11) is 6.12. The molecule has 6 heteroatoms. The van der Waals surface area contributed by atoms with Crippen LogP contribution in [0.3, 0.4) is 0 Å². The molecule has 1 unspecified atom stereocenters. The lowest BCUT2D eigenvalue weighted by molar-refractivity contribution is 0.264. The summed E-state index contributed by atoms with van der Waals surface area (Å²) in [5.41, 5.74) is 1.14. The van der Waals surface area contributed by atoms with Gasteiger partial charge in [0.2, 0.25) is 0 Å². The molecule has 0 saturated heterocycles. The molecule has 1 aliphatic carbocycles. The van der Waals surface area contributed by atoms with Gasteiger partial charge in [0.05, 0.1) is 6.61 Å². The van der Waals surface area contributed by atoms with E-state index in [1.165, 1.54) is 12.8 Å². The minimum absolute atomic E-state index is 0. The summed E-state index contributed by atoms with van der Waals surface area (Å²) in [6, 6.07) is 8.69. The van der Waals surface area contributed by atoms with Crippen molar-refractivity contribution in [3.63, 3.8) is 0 Å². The molecular formula is C18H31IN4O. The number of benzene rings is 1. The lowest BCUT2D eigenvalue weighted by Crippen LogP contribution is -2.45. The Morgan fingerprint density at radius 3 is 2.58 bits per heavy atom. The molecule has 1 atom stereocenters. The zero-order valence-electron chi connectivity index (χ0n) is 15.2. The highest BCUT2D eigenvalue weighted by Gasteiger charge is 2.32. The highest BCUT2D eigenvalue weighted by Crippen LogP contribution is 2.34. The first-order valence-electron chi connectivity index (χ1n) is 8.47. The number of guanidine groups is 1. The van der Waals surface area contributed by atoms with E-state index < -0.39 is 0 Å². The standard InChI is InChI=1S/C18H30N4O.HI/c1-5-23-17-9-7-6-8-15(17)12-20-18(19-2)21-13-16(22(3)4)14-10-11-14;/h6-9,14,16H,5,10-13H2,1-4H3,(H2,19,20,21);1H. The number of nitrogens with one attached hydrogen (secondary N) is 2. The van der Waals surface area contributed by atoms with E-state index in [1.54, 1.807) is 0 Å². The van der Waals surface area contributed by atoms with Crippen molar-refractivity contribution in [2.45, 2.75) is 32.4 Å². The van der Waals surface area contributed by atoms with Gasteiger partial charge in [0.15, 0.2) is 5.96 Å². The van der Waals surface area contributed by atoms with E-state index in [0.717, 1.165) is 29.7 Å². The van der Waals surface area contributed by atoms with E-state index in [4.69, 9.17) is 4.74 Å². The molecule has 0 heterocycles. The first-order valence-corrected chi connectivity index (χ1v) is 8.47. The molecule has 5 nitrogen and oxygen atoms in total. The van der Waals surface area contributed by atoms with Crippen LogP contribution in [0, 0.1) is 5.92 Å². The molecule has 0 aromatic heterocycles. The van der Waals surface area contributed by atoms with E-state index in [-0.39, 0.29) is 24.0 Å². The molecule has 136 valence electrons. The lowest BCUT2D eigenvalue weighted by atomic mass is 10.1. The van der Waals surface area contributed by atoms with Gasteiger partial charge in [-0.05, 0) is 45.8 Å². The SMILES string of the molecule is CCOc1ccccc1CNC(=NC)NCC(C1CC1)N(C)C.I. The fourth-order valence-corrected chi connectivity index (χ4v) is 2.80. The molecule has 0 aliphatic heterocycles. The Morgan fingerprint density at radius 2 is 2.00 bits per heavy atom. The Morgan fingerprint density at radius 1 is 1.29 bits per heavy atom. The van der Waals surface area contributed by atoms with E-state index in [9.17, 15) is 0 Å². The van der Waals surface area contributed by atoms with Crippen molar-refractivity contribution in [3.8, 4) is 5.75 Å². The van der Waals surface area contributed by atoms with E-state index >= 15 is 0 Å². The molecule has 2 rings (SSSR count). The van der Waals surface area contributed by atoms with Crippen molar-refractivity contribution >= 4 is 29.9 Å². The first kappa shape index (κ1) is 21.0. The third-order valence-corrected chi connectivity index (χ3v) is 4.25. The van der Waals surface area contributed by atoms with Gasteiger partial charge in [0.25, 0.3) is 0 Å². The molecule has 24 heavy (non-hydrogen) atoms. The van der Waals surface area contributed by atoms with E-state index in [2.05, 4.69) is 40.7 Å². The summed E-state index contributed by atoms with van der Waals surface area (Å²) in [5.74, 6) is 2.60. The van der Waals surface area contributed by atoms with Crippen LogP contribution in [0.25, 0.3) is 0 Å². The largest absolute Gasteiger partial charge is 0.494 e. The molecule has 2 N–H and O–H groups in total. The molecule has 1 saturated carbocycles. The van der Waals surface area contributed by atoms with Crippen LogP contribution >= 0.6 is 24.0 Å². The van der Waals surface area contributed by atoms with Gasteiger partial charge < -0.3 is 20.3 Å². The fourth-order valence-electron chi connectivity index (χ4n) is 2.80. The van der Waals surface area contributed by atoms with Crippen molar-refractivity contribution in [2.24, 2.45) is 10.9 Å². The van der Waals surface area contributed by atoms with Gasteiger partial charge in [-0.25, -0.2) is 0 Å². The predicted octanol–water partition coefficient (Wildman–Crippen LogP) is 2.71. The molecule has 0 amide bonds. The van der Waals surface area contributed by atoms with Crippen molar-refractivity contribution in [1.29, 1.82) is 0 Å². The van der Waals surface area contributed by atoms with Gasteiger partial charge in [-0.2, -0.15) is 0 Å². The number of hydrogen-bond acceptors (Lipinski definition) is 3. The maximum Gasteiger partial charge on any atom is 0.191 e. The summed E-state index contributed by atoms with van der Waals surface area (Å²) in [5, 5.41) is 6.83. The molecular weight excluding hydrogens is 415 g/mol. The Hall–Kier alpha value is -1.02. The maximum atomic E-state index is 5.67. The number of nitrogens with zero attached hydrogens (tertiary/aromatic N) is 2. The number of aliphatic imine (C=N–C) groups is 1. The van der Waals surface area contributed by atoms with E-state index in [0.29, 0.717) is 19.2 Å². The molecule has 0 spiro atoms. The Balaban J connectivity index is 0.00000288. The van der Waals surface area contributed by atoms with Crippen molar-refractivity contribution < 1.29 is 4.74 Å². The van der Waals surface area contributed by atoms with Crippen LogP contribution in [0.1, 0.15) is 25.3 Å². The predicted molar refractivity (Wildman–Crippen MR) is 111 cm³/mol.